The van der Waals surface area contributed by atoms with Crippen LogP contribution in [-0.4, -0.2) is 38.6 Å². The van der Waals surface area contributed by atoms with Gasteiger partial charge in [-0.1, -0.05) is 11.6 Å². The Kier molecular flexibility index (Phi) is 5.68. The average molecular weight is 306 g/mol. The molecule has 0 radical (unpaired) electrons. The maximum absolute atomic E-state index is 10.9. The van der Waals surface area contributed by atoms with E-state index in [1.165, 1.54) is 18.7 Å². The van der Waals surface area contributed by atoms with Gasteiger partial charge in [0, 0.05) is 31.0 Å². The highest BCUT2D eigenvalue weighted by Gasteiger charge is 2.19. The standard InChI is InChI=1S/C11H16ClN3O3S/c1-6-8(10(12)15(3)14-6)4-19-5-9(11(17)18)13-7(2)16/h9H,4-5H2,1-3H3,(H,13,16)(H,17,18)/t9-/m0/s1. The Morgan fingerprint density at radius 1 is 1.58 bits per heavy atom. The predicted molar refractivity (Wildman–Crippen MR) is 74.4 cm³/mol. The first kappa shape index (κ1) is 15.8. The van der Waals surface area contributed by atoms with Crippen LogP contribution in [0.1, 0.15) is 18.2 Å². The van der Waals surface area contributed by atoms with Gasteiger partial charge in [-0.15, -0.1) is 0 Å². The number of thioether (sulfide) groups is 1. The van der Waals surface area contributed by atoms with Crippen LogP contribution in [0.15, 0.2) is 0 Å². The quantitative estimate of drug-likeness (QED) is 0.825. The van der Waals surface area contributed by atoms with E-state index < -0.39 is 12.0 Å². The second-order valence-electron chi connectivity index (χ2n) is 4.08. The van der Waals surface area contributed by atoms with Crippen LogP contribution >= 0.6 is 23.4 Å². The molecule has 0 aliphatic heterocycles. The molecule has 1 rings (SSSR count). The van der Waals surface area contributed by atoms with Crippen LogP contribution in [0.3, 0.4) is 0 Å². The Labute approximate surface area is 120 Å². The molecular formula is C11H16ClN3O3S. The first-order chi connectivity index (χ1) is 8.82. The maximum atomic E-state index is 10.9. The molecule has 0 aliphatic carbocycles. The number of carbonyl (C=O) groups excluding carboxylic acids is 1. The molecule has 6 nitrogen and oxygen atoms in total. The summed E-state index contributed by atoms with van der Waals surface area (Å²) in [5, 5.41) is 16.1. The minimum absolute atomic E-state index is 0.277. The third-order valence-electron chi connectivity index (χ3n) is 2.48. The van der Waals surface area contributed by atoms with E-state index in [0.29, 0.717) is 10.9 Å². The average Bonchev–Trinajstić information content (AvgIpc) is 2.53. The lowest BCUT2D eigenvalue weighted by Crippen LogP contribution is -2.41. The summed E-state index contributed by atoms with van der Waals surface area (Å²) in [5.74, 6) is -0.568. The van der Waals surface area contributed by atoms with Crippen molar-refractivity contribution in [3.63, 3.8) is 0 Å². The monoisotopic (exact) mass is 305 g/mol. The first-order valence-electron chi connectivity index (χ1n) is 5.58. The number of aliphatic carboxylic acids is 1. The van der Waals surface area contributed by atoms with Gasteiger partial charge < -0.3 is 10.4 Å². The van der Waals surface area contributed by atoms with Crippen LogP contribution in [0, 0.1) is 6.92 Å². The minimum atomic E-state index is -1.04. The third kappa shape index (κ3) is 4.43. The number of hydrogen-bond acceptors (Lipinski definition) is 4. The molecule has 0 saturated carbocycles. The Hall–Kier alpha value is -1.21. The molecule has 2 N–H and O–H groups in total. The molecule has 106 valence electrons. The largest absolute Gasteiger partial charge is 0.480 e. The number of carbonyl (C=O) groups is 2. The summed E-state index contributed by atoms with van der Waals surface area (Å²) >= 11 is 7.47. The third-order valence-corrected chi connectivity index (χ3v) is 4.01. The van der Waals surface area contributed by atoms with Crippen molar-refractivity contribution in [3.05, 3.63) is 16.4 Å². The molecule has 0 fully saturated rings. The molecule has 0 spiro atoms. The summed E-state index contributed by atoms with van der Waals surface area (Å²) in [6.45, 7) is 3.15. The lowest BCUT2D eigenvalue weighted by atomic mass is 10.3. The lowest BCUT2D eigenvalue weighted by molar-refractivity contribution is -0.140. The number of amides is 1. The highest BCUT2D eigenvalue weighted by molar-refractivity contribution is 7.98. The smallest absolute Gasteiger partial charge is 0.327 e. The number of aromatic nitrogens is 2. The van der Waals surface area contributed by atoms with Crippen LogP contribution in [0.4, 0.5) is 0 Å². The Bertz CT molecular complexity index is 490. The van der Waals surface area contributed by atoms with Gasteiger partial charge >= 0.3 is 5.97 Å². The number of rotatable bonds is 6. The zero-order valence-electron chi connectivity index (χ0n) is 10.9. The number of nitrogens with one attached hydrogen (secondary N) is 1. The van der Waals surface area contributed by atoms with Crippen molar-refractivity contribution in [2.75, 3.05) is 5.75 Å². The van der Waals surface area contributed by atoms with Gasteiger partial charge in [0.1, 0.15) is 11.2 Å². The predicted octanol–water partition coefficient (Wildman–Crippen LogP) is 1.20. The van der Waals surface area contributed by atoms with E-state index in [1.54, 1.807) is 11.7 Å². The zero-order valence-corrected chi connectivity index (χ0v) is 12.5. The molecule has 0 aliphatic rings. The number of halogens is 1. The van der Waals surface area contributed by atoms with Gasteiger partial charge in [-0.2, -0.15) is 16.9 Å². The van der Waals surface area contributed by atoms with Gasteiger partial charge in [0.05, 0.1) is 5.69 Å². The molecule has 19 heavy (non-hydrogen) atoms. The minimum Gasteiger partial charge on any atom is -0.480 e. The van der Waals surface area contributed by atoms with Gasteiger partial charge in [0.25, 0.3) is 0 Å². The van der Waals surface area contributed by atoms with Crippen molar-refractivity contribution in [1.29, 1.82) is 0 Å². The fourth-order valence-electron chi connectivity index (χ4n) is 1.54. The Balaban J connectivity index is 2.57. The van der Waals surface area contributed by atoms with Gasteiger partial charge in [-0.05, 0) is 6.92 Å². The van der Waals surface area contributed by atoms with Crippen molar-refractivity contribution in [3.8, 4) is 0 Å². The second-order valence-corrected chi connectivity index (χ2v) is 5.47. The number of aryl methyl sites for hydroxylation is 2. The van der Waals surface area contributed by atoms with E-state index in [4.69, 9.17) is 16.7 Å². The van der Waals surface area contributed by atoms with Crippen LogP contribution in [-0.2, 0) is 22.4 Å². The fourth-order valence-corrected chi connectivity index (χ4v) is 2.99. The van der Waals surface area contributed by atoms with Gasteiger partial charge in [-0.3, -0.25) is 9.48 Å². The van der Waals surface area contributed by atoms with Crippen LogP contribution in [0.2, 0.25) is 5.15 Å². The van der Waals surface area contributed by atoms with Crippen LogP contribution < -0.4 is 5.32 Å². The normalized spacial score (nSPS) is 12.2. The molecule has 1 amide bonds. The summed E-state index contributed by atoms with van der Waals surface area (Å²) in [6.07, 6.45) is 0. The van der Waals surface area contributed by atoms with E-state index in [0.717, 1.165) is 11.3 Å². The molecule has 1 aromatic heterocycles. The summed E-state index contributed by atoms with van der Waals surface area (Å²) in [7, 11) is 1.75. The van der Waals surface area contributed by atoms with E-state index >= 15 is 0 Å². The topological polar surface area (TPSA) is 84.2 Å². The van der Waals surface area contributed by atoms with Crippen molar-refractivity contribution < 1.29 is 14.7 Å². The molecule has 1 atom stereocenters. The van der Waals surface area contributed by atoms with E-state index in [9.17, 15) is 9.59 Å². The van der Waals surface area contributed by atoms with E-state index in [1.807, 2.05) is 6.92 Å². The van der Waals surface area contributed by atoms with Gasteiger partial charge in [0.2, 0.25) is 5.91 Å². The number of nitrogens with zero attached hydrogens (tertiary/aromatic N) is 2. The van der Waals surface area contributed by atoms with Crippen molar-refractivity contribution >= 4 is 35.2 Å². The van der Waals surface area contributed by atoms with Crippen molar-refractivity contribution in [1.82, 2.24) is 15.1 Å². The molecule has 0 unspecified atom stereocenters. The molecule has 0 aromatic carbocycles. The highest BCUT2D eigenvalue weighted by Crippen LogP contribution is 2.24. The SMILES string of the molecule is CC(=O)N[C@@H](CSCc1c(C)nn(C)c1Cl)C(=O)O. The molecule has 1 aromatic rings. The molecular weight excluding hydrogens is 290 g/mol. The number of carboxylic acid groups (broad SMARTS) is 1. The Morgan fingerprint density at radius 3 is 2.63 bits per heavy atom. The summed E-state index contributed by atoms with van der Waals surface area (Å²) in [5.41, 5.74) is 1.72. The van der Waals surface area contributed by atoms with Gasteiger partial charge in [-0.25, -0.2) is 4.79 Å². The van der Waals surface area contributed by atoms with Crippen molar-refractivity contribution in [2.45, 2.75) is 25.6 Å². The maximum Gasteiger partial charge on any atom is 0.327 e. The van der Waals surface area contributed by atoms with Gasteiger partial charge in [0.15, 0.2) is 0 Å². The molecule has 8 heteroatoms. The van der Waals surface area contributed by atoms with Crippen LogP contribution in [0.5, 0.6) is 0 Å². The fraction of sp³-hybridized carbons (Fsp3) is 0.545. The Morgan fingerprint density at radius 2 is 2.21 bits per heavy atom. The lowest BCUT2D eigenvalue weighted by Gasteiger charge is -2.12. The van der Waals surface area contributed by atoms with E-state index in [-0.39, 0.29) is 11.7 Å². The summed E-state index contributed by atoms with van der Waals surface area (Å²) in [6, 6.07) is -0.891. The van der Waals surface area contributed by atoms with Crippen molar-refractivity contribution in [2.24, 2.45) is 7.05 Å². The van der Waals surface area contributed by atoms with Crippen LogP contribution in [0.25, 0.3) is 0 Å². The molecule has 0 bridgehead atoms. The number of carboxylic acids is 1. The molecule has 0 saturated heterocycles. The van der Waals surface area contributed by atoms with E-state index in [2.05, 4.69) is 10.4 Å². The second kappa shape index (κ2) is 6.81. The summed E-state index contributed by atoms with van der Waals surface area (Å²) in [4.78, 5) is 21.8. The summed E-state index contributed by atoms with van der Waals surface area (Å²) < 4.78 is 1.58. The molecule has 1 heterocycles. The first-order valence-corrected chi connectivity index (χ1v) is 7.11. The zero-order chi connectivity index (χ0) is 14.6. The highest BCUT2D eigenvalue weighted by atomic mass is 35.5. The number of hydrogen-bond donors (Lipinski definition) is 2.